The van der Waals surface area contributed by atoms with Gasteiger partial charge in [0.1, 0.15) is 17.5 Å². The average Bonchev–Trinajstić information content (AvgIpc) is 3.03. The molecule has 1 saturated heterocycles. The largest absolute Gasteiger partial charge is 0.385 e. The molecule has 146 valence electrons. The number of halogens is 1. The summed E-state index contributed by atoms with van der Waals surface area (Å²) in [6.45, 7) is 5.26. The van der Waals surface area contributed by atoms with Gasteiger partial charge in [-0.1, -0.05) is 12.1 Å². The molecule has 0 amide bonds. The van der Waals surface area contributed by atoms with Crippen molar-refractivity contribution in [1.29, 1.82) is 0 Å². The summed E-state index contributed by atoms with van der Waals surface area (Å²) in [5.41, 5.74) is 5.84. The Bertz CT molecular complexity index is 776. The second-order valence-corrected chi connectivity index (χ2v) is 7.96. The minimum absolute atomic E-state index is 0.276. The van der Waals surface area contributed by atoms with Crippen LogP contribution < -0.4 is 5.73 Å². The molecule has 2 aromatic rings. The summed E-state index contributed by atoms with van der Waals surface area (Å²) in [5.74, 6) is 2.21. The minimum Gasteiger partial charge on any atom is -0.385 e. The van der Waals surface area contributed by atoms with Gasteiger partial charge in [0.05, 0.1) is 12.1 Å². The van der Waals surface area contributed by atoms with Crippen LogP contribution in [0.3, 0.4) is 0 Å². The SMILES string of the molecule is CCn1c(CN2CCC(O)(c3ccc(F)cc3)CC2)nnc1C1CC(N)C1. The number of aliphatic hydroxyl groups is 1. The molecular weight excluding hydrogens is 345 g/mol. The van der Waals surface area contributed by atoms with E-state index in [9.17, 15) is 9.50 Å². The molecule has 3 N–H and O–H groups in total. The maximum absolute atomic E-state index is 13.2. The quantitative estimate of drug-likeness (QED) is 0.839. The highest BCUT2D eigenvalue weighted by atomic mass is 19.1. The van der Waals surface area contributed by atoms with E-state index in [0.29, 0.717) is 24.8 Å². The summed E-state index contributed by atoms with van der Waals surface area (Å²) < 4.78 is 15.4. The highest BCUT2D eigenvalue weighted by molar-refractivity contribution is 5.23. The molecule has 0 atom stereocenters. The van der Waals surface area contributed by atoms with E-state index < -0.39 is 5.60 Å². The Labute approximate surface area is 159 Å². The van der Waals surface area contributed by atoms with Gasteiger partial charge in [-0.2, -0.15) is 0 Å². The predicted molar refractivity (Wildman–Crippen MR) is 100 cm³/mol. The van der Waals surface area contributed by atoms with E-state index in [2.05, 4.69) is 26.6 Å². The van der Waals surface area contributed by atoms with Crippen molar-refractivity contribution in [2.24, 2.45) is 5.73 Å². The van der Waals surface area contributed by atoms with Gasteiger partial charge in [-0.3, -0.25) is 4.90 Å². The van der Waals surface area contributed by atoms with Gasteiger partial charge in [0, 0.05) is 31.6 Å². The average molecular weight is 373 g/mol. The van der Waals surface area contributed by atoms with Gasteiger partial charge in [0.25, 0.3) is 0 Å². The first kappa shape index (κ1) is 18.5. The number of hydrogen-bond donors (Lipinski definition) is 2. The smallest absolute Gasteiger partial charge is 0.147 e. The number of hydrogen-bond acceptors (Lipinski definition) is 5. The zero-order valence-corrected chi connectivity index (χ0v) is 15.8. The Kier molecular flexibility index (Phi) is 5.01. The molecule has 1 aliphatic heterocycles. The number of nitrogens with two attached hydrogens (primary N) is 1. The molecule has 0 unspecified atom stereocenters. The number of nitrogens with zero attached hydrogens (tertiary/aromatic N) is 4. The zero-order chi connectivity index (χ0) is 19.0. The maximum atomic E-state index is 13.2. The first-order valence-corrected chi connectivity index (χ1v) is 9.87. The van der Waals surface area contributed by atoms with E-state index in [1.165, 1.54) is 12.1 Å². The normalized spacial score (nSPS) is 25.3. The highest BCUT2D eigenvalue weighted by Gasteiger charge is 2.35. The standard InChI is InChI=1S/C20H28FN5O/c1-2-26-18(23-24-19(26)14-11-17(22)12-14)13-25-9-7-20(27,8-10-25)15-3-5-16(21)6-4-15/h3-6,14,17,27H,2,7-13,22H2,1H3. The molecular formula is C20H28FN5O. The molecule has 1 saturated carbocycles. The van der Waals surface area contributed by atoms with Crippen LogP contribution in [-0.4, -0.2) is 43.9 Å². The van der Waals surface area contributed by atoms with Crippen molar-refractivity contribution in [1.82, 2.24) is 19.7 Å². The van der Waals surface area contributed by atoms with Crippen molar-refractivity contribution in [2.45, 2.75) is 63.3 Å². The van der Waals surface area contributed by atoms with Crippen LogP contribution in [0.5, 0.6) is 0 Å². The van der Waals surface area contributed by atoms with Crippen LogP contribution in [0.2, 0.25) is 0 Å². The molecule has 0 spiro atoms. The Morgan fingerprint density at radius 1 is 1.19 bits per heavy atom. The first-order valence-electron chi connectivity index (χ1n) is 9.87. The Balaban J connectivity index is 1.40. The van der Waals surface area contributed by atoms with Gasteiger partial charge in [0.2, 0.25) is 0 Å². The van der Waals surface area contributed by atoms with Crippen LogP contribution in [0.15, 0.2) is 24.3 Å². The highest BCUT2D eigenvalue weighted by Crippen LogP contribution is 2.36. The molecule has 6 nitrogen and oxygen atoms in total. The molecule has 7 heteroatoms. The molecule has 1 aromatic heterocycles. The van der Waals surface area contributed by atoms with E-state index >= 15 is 0 Å². The summed E-state index contributed by atoms with van der Waals surface area (Å²) in [7, 11) is 0. The Morgan fingerprint density at radius 2 is 1.85 bits per heavy atom. The van der Waals surface area contributed by atoms with Crippen LogP contribution in [0, 0.1) is 5.82 Å². The Morgan fingerprint density at radius 3 is 2.44 bits per heavy atom. The summed E-state index contributed by atoms with van der Waals surface area (Å²) >= 11 is 0. The fraction of sp³-hybridized carbons (Fsp3) is 0.600. The third-order valence-corrected chi connectivity index (χ3v) is 6.14. The summed E-state index contributed by atoms with van der Waals surface area (Å²) in [6, 6.07) is 6.50. The van der Waals surface area contributed by atoms with E-state index in [1.807, 2.05) is 0 Å². The fourth-order valence-corrected chi connectivity index (χ4v) is 4.32. The molecule has 0 radical (unpaired) electrons. The monoisotopic (exact) mass is 373 g/mol. The van der Waals surface area contributed by atoms with Gasteiger partial charge in [-0.15, -0.1) is 10.2 Å². The van der Waals surface area contributed by atoms with Gasteiger partial charge < -0.3 is 15.4 Å². The number of rotatable bonds is 5. The van der Waals surface area contributed by atoms with Gasteiger partial charge in [0.15, 0.2) is 0 Å². The van der Waals surface area contributed by atoms with Gasteiger partial charge >= 0.3 is 0 Å². The van der Waals surface area contributed by atoms with E-state index in [1.54, 1.807) is 12.1 Å². The summed E-state index contributed by atoms with van der Waals surface area (Å²) in [6.07, 6.45) is 3.24. The van der Waals surface area contributed by atoms with Crippen molar-refractivity contribution < 1.29 is 9.50 Å². The van der Waals surface area contributed by atoms with Crippen molar-refractivity contribution in [3.05, 3.63) is 47.3 Å². The predicted octanol–water partition coefficient (Wildman–Crippen LogP) is 2.13. The summed E-state index contributed by atoms with van der Waals surface area (Å²) in [4.78, 5) is 2.31. The Hall–Kier alpha value is -1.83. The second kappa shape index (κ2) is 7.30. The van der Waals surface area contributed by atoms with E-state index in [4.69, 9.17) is 5.73 Å². The lowest BCUT2D eigenvalue weighted by atomic mass is 9.80. The van der Waals surface area contributed by atoms with Crippen LogP contribution in [0.25, 0.3) is 0 Å². The number of aromatic nitrogens is 3. The molecule has 2 aliphatic rings. The maximum Gasteiger partial charge on any atom is 0.147 e. The topological polar surface area (TPSA) is 80.2 Å². The van der Waals surface area contributed by atoms with Crippen molar-refractivity contribution in [3.63, 3.8) is 0 Å². The molecule has 27 heavy (non-hydrogen) atoms. The number of piperidine rings is 1. The van der Waals surface area contributed by atoms with Crippen LogP contribution in [-0.2, 0) is 18.7 Å². The van der Waals surface area contributed by atoms with Crippen molar-refractivity contribution in [2.75, 3.05) is 13.1 Å². The van der Waals surface area contributed by atoms with Crippen LogP contribution >= 0.6 is 0 Å². The summed E-state index contributed by atoms with van der Waals surface area (Å²) in [5, 5.41) is 19.8. The van der Waals surface area contributed by atoms with Crippen molar-refractivity contribution >= 4 is 0 Å². The zero-order valence-electron chi connectivity index (χ0n) is 15.8. The van der Waals surface area contributed by atoms with Crippen molar-refractivity contribution in [3.8, 4) is 0 Å². The van der Waals surface area contributed by atoms with Gasteiger partial charge in [-0.25, -0.2) is 4.39 Å². The first-order chi connectivity index (χ1) is 13.0. The molecule has 2 heterocycles. The van der Waals surface area contributed by atoms with E-state index in [-0.39, 0.29) is 5.82 Å². The lowest BCUT2D eigenvalue weighted by Crippen LogP contribution is -2.42. The fourth-order valence-electron chi connectivity index (χ4n) is 4.32. The lowest BCUT2D eigenvalue weighted by molar-refractivity contribution is -0.0284. The number of benzene rings is 1. The number of likely N-dealkylation sites (tertiary alicyclic amines) is 1. The second-order valence-electron chi connectivity index (χ2n) is 7.96. The molecule has 0 bridgehead atoms. The minimum atomic E-state index is -0.879. The van der Waals surface area contributed by atoms with Crippen LogP contribution in [0.1, 0.15) is 55.7 Å². The molecule has 2 fully saturated rings. The molecule has 1 aromatic carbocycles. The third kappa shape index (κ3) is 3.63. The van der Waals surface area contributed by atoms with E-state index in [0.717, 1.165) is 56.2 Å². The third-order valence-electron chi connectivity index (χ3n) is 6.14. The van der Waals surface area contributed by atoms with Crippen LogP contribution in [0.4, 0.5) is 4.39 Å². The molecule has 4 rings (SSSR count). The van der Waals surface area contributed by atoms with Gasteiger partial charge in [-0.05, 0) is 50.3 Å². The lowest BCUT2D eigenvalue weighted by Gasteiger charge is -2.38. The molecule has 1 aliphatic carbocycles.